The Morgan fingerprint density at radius 3 is 2.21 bits per heavy atom. The highest BCUT2D eigenvalue weighted by molar-refractivity contribution is 7.92. The molecule has 0 aromatic heterocycles. The van der Waals surface area contributed by atoms with Crippen molar-refractivity contribution < 1.29 is 22.4 Å². The molecule has 0 spiro atoms. The van der Waals surface area contributed by atoms with Crippen LogP contribution < -0.4 is 9.62 Å². The van der Waals surface area contributed by atoms with Gasteiger partial charge in [-0.25, -0.2) is 12.8 Å². The predicted molar refractivity (Wildman–Crippen MR) is 133 cm³/mol. The van der Waals surface area contributed by atoms with Gasteiger partial charge in [0.1, 0.15) is 18.4 Å². The third-order valence-electron chi connectivity index (χ3n) is 5.00. The fourth-order valence-electron chi connectivity index (χ4n) is 3.09. The maximum atomic E-state index is 13.4. The van der Waals surface area contributed by atoms with Crippen LogP contribution in [0.1, 0.15) is 26.3 Å². The quantitative estimate of drug-likeness (QED) is 0.500. The molecule has 0 bridgehead atoms. The van der Waals surface area contributed by atoms with Gasteiger partial charge in [0.05, 0.1) is 11.9 Å². The highest BCUT2D eigenvalue weighted by Crippen LogP contribution is 2.24. The van der Waals surface area contributed by atoms with Crippen LogP contribution in [-0.2, 0) is 26.2 Å². The molecular weight excluding hydrogens is 504 g/mol. The zero-order valence-corrected chi connectivity index (χ0v) is 21.7. The number of sulfonamides is 1. The summed E-state index contributed by atoms with van der Waals surface area (Å²) in [4.78, 5) is 27.4. The van der Waals surface area contributed by atoms with Gasteiger partial charge >= 0.3 is 0 Å². The summed E-state index contributed by atoms with van der Waals surface area (Å²) in [7, 11) is -3.89. The summed E-state index contributed by atoms with van der Waals surface area (Å²) in [5.74, 6) is -1.36. The molecule has 2 aromatic carbocycles. The van der Waals surface area contributed by atoms with Gasteiger partial charge in [0.15, 0.2) is 0 Å². The lowest BCUT2D eigenvalue weighted by molar-refractivity contribution is -0.139. The Morgan fingerprint density at radius 2 is 1.68 bits per heavy atom. The van der Waals surface area contributed by atoms with Gasteiger partial charge in [-0.15, -0.1) is 0 Å². The first kappa shape index (κ1) is 27.9. The van der Waals surface area contributed by atoms with Crippen LogP contribution in [0.4, 0.5) is 10.1 Å². The Balaban J connectivity index is 2.39. The average molecular weight is 532 g/mol. The minimum Gasteiger partial charge on any atom is -0.354 e. The zero-order valence-electron chi connectivity index (χ0n) is 19.4. The van der Waals surface area contributed by atoms with Crippen LogP contribution in [0.5, 0.6) is 0 Å². The normalized spacial score (nSPS) is 12.4. The van der Waals surface area contributed by atoms with Crippen molar-refractivity contribution in [1.82, 2.24) is 10.2 Å². The SMILES string of the molecule is CC(C)CNC(=O)[C@@H](C)N(Cc1ccc(Cl)cc1Cl)C(=O)CN(c1ccc(F)cc1)S(C)(=O)=O. The maximum Gasteiger partial charge on any atom is 0.244 e. The average Bonchev–Trinajstić information content (AvgIpc) is 2.74. The molecule has 0 heterocycles. The summed E-state index contributed by atoms with van der Waals surface area (Å²) in [6.45, 7) is 5.21. The molecule has 0 fully saturated rings. The van der Waals surface area contributed by atoms with Gasteiger partial charge in [-0.3, -0.25) is 13.9 Å². The molecule has 2 rings (SSSR count). The third-order valence-corrected chi connectivity index (χ3v) is 6.73. The van der Waals surface area contributed by atoms with Crippen molar-refractivity contribution in [2.75, 3.05) is 23.7 Å². The van der Waals surface area contributed by atoms with Crippen molar-refractivity contribution >= 4 is 50.7 Å². The lowest BCUT2D eigenvalue weighted by Crippen LogP contribution is -2.51. The van der Waals surface area contributed by atoms with Crippen LogP contribution >= 0.6 is 23.2 Å². The Labute approximate surface area is 209 Å². The molecule has 11 heteroatoms. The van der Waals surface area contributed by atoms with E-state index in [1.807, 2.05) is 13.8 Å². The second-order valence-corrected chi connectivity index (χ2v) is 11.1. The van der Waals surface area contributed by atoms with E-state index in [1.165, 1.54) is 23.1 Å². The Kier molecular flexibility index (Phi) is 9.73. The summed E-state index contributed by atoms with van der Waals surface area (Å²) in [5.41, 5.74) is 0.661. The monoisotopic (exact) mass is 531 g/mol. The molecule has 0 aliphatic rings. The number of nitrogens with zero attached hydrogens (tertiary/aromatic N) is 2. The number of halogens is 3. The molecule has 0 aliphatic carbocycles. The summed E-state index contributed by atoms with van der Waals surface area (Å²) < 4.78 is 39.1. The van der Waals surface area contributed by atoms with Crippen LogP contribution in [-0.4, -0.2) is 50.5 Å². The number of carbonyl (C=O) groups is 2. The number of nitrogens with one attached hydrogen (secondary N) is 1. The zero-order chi connectivity index (χ0) is 25.6. The topological polar surface area (TPSA) is 86.8 Å². The van der Waals surface area contributed by atoms with Crippen LogP contribution in [0.3, 0.4) is 0 Å². The van der Waals surface area contributed by atoms with Crippen LogP contribution in [0, 0.1) is 11.7 Å². The molecule has 7 nitrogen and oxygen atoms in total. The maximum absolute atomic E-state index is 13.4. The first-order chi connectivity index (χ1) is 15.8. The Bertz CT molecular complexity index is 1130. The lowest BCUT2D eigenvalue weighted by atomic mass is 10.1. The van der Waals surface area contributed by atoms with E-state index >= 15 is 0 Å². The highest BCUT2D eigenvalue weighted by atomic mass is 35.5. The molecule has 0 saturated carbocycles. The number of rotatable bonds is 10. The standard InChI is InChI=1S/C23H28Cl2FN3O4S/c1-15(2)12-27-23(31)16(3)28(13-17-5-6-18(24)11-21(17)25)22(30)14-29(34(4,32)33)20-9-7-19(26)8-10-20/h5-11,15-16H,12-14H2,1-4H3,(H,27,31)/t16-/m1/s1. The second kappa shape index (κ2) is 11.9. The molecule has 2 aromatic rings. The van der Waals surface area contributed by atoms with Gasteiger partial charge in [-0.05, 0) is 54.8 Å². The molecule has 2 amide bonds. The first-order valence-electron chi connectivity index (χ1n) is 10.5. The van der Waals surface area contributed by atoms with Crippen molar-refractivity contribution in [3.63, 3.8) is 0 Å². The van der Waals surface area contributed by atoms with Crippen molar-refractivity contribution in [3.8, 4) is 0 Å². The van der Waals surface area contributed by atoms with E-state index in [-0.39, 0.29) is 24.1 Å². The molecule has 0 unspecified atom stereocenters. The van der Waals surface area contributed by atoms with E-state index in [4.69, 9.17) is 23.2 Å². The second-order valence-electron chi connectivity index (χ2n) is 8.32. The number of benzene rings is 2. The largest absolute Gasteiger partial charge is 0.354 e. The fraction of sp³-hybridized carbons (Fsp3) is 0.391. The molecule has 0 aliphatic heterocycles. The van der Waals surface area contributed by atoms with E-state index < -0.39 is 34.3 Å². The van der Waals surface area contributed by atoms with Gasteiger partial charge in [0, 0.05) is 23.1 Å². The summed E-state index contributed by atoms with van der Waals surface area (Å²) in [5, 5.41) is 3.50. The minimum atomic E-state index is -3.89. The lowest BCUT2D eigenvalue weighted by Gasteiger charge is -2.31. The van der Waals surface area contributed by atoms with Gasteiger partial charge in [-0.1, -0.05) is 43.1 Å². The van der Waals surface area contributed by atoms with Gasteiger partial charge in [0.25, 0.3) is 0 Å². The van der Waals surface area contributed by atoms with Crippen LogP contribution in [0.2, 0.25) is 10.0 Å². The van der Waals surface area contributed by atoms with Crippen molar-refractivity contribution in [2.24, 2.45) is 5.92 Å². The summed E-state index contributed by atoms with van der Waals surface area (Å²) in [6, 6.07) is 8.58. The van der Waals surface area contributed by atoms with E-state index in [0.717, 1.165) is 22.7 Å². The van der Waals surface area contributed by atoms with E-state index in [2.05, 4.69) is 5.32 Å². The molecular formula is C23H28Cl2FN3O4S. The summed E-state index contributed by atoms with van der Waals surface area (Å²) >= 11 is 12.3. The van der Waals surface area contributed by atoms with E-state index in [9.17, 15) is 22.4 Å². The minimum absolute atomic E-state index is 0.0495. The Morgan fingerprint density at radius 1 is 1.06 bits per heavy atom. The van der Waals surface area contributed by atoms with Crippen molar-refractivity contribution in [3.05, 3.63) is 63.9 Å². The molecule has 34 heavy (non-hydrogen) atoms. The number of amides is 2. The third kappa shape index (κ3) is 7.85. The van der Waals surface area contributed by atoms with Gasteiger partial charge in [-0.2, -0.15) is 0 Å². The number of hydrogen-bond acceptors (Lipinski definition) is 4. The van der Waals surface area contributed by atoms with Crippen molar-refractivity contribution in [1.29, 1.82) is 0 Å². The number of carbonyl (C=O) groups excluding carboxylic acids is 2. The molecule has 1 N–H and O–H groups in total. The van der Waals surface area contributed by atoms with Gasteiger partial charge in [0.2, 0.25) is 21.8 Å². The number of anilines is 1. The van der Waals surface area contributed by atoms with E-state index in [1.54, 1.807) is 19.1 Å². The molecule has 0 saturated heterocycles. The van der Waals surface area contributed by atoms with Crippen LogP contribution in [0.15, 0.2) is 42.5 Å². The van der Waals surface area contributed by atoms with E-state index in [0.29, 0.717) is 22.2 Å². The molecule has 186 valence electrons. The smallest absolute Gasteiger partial charge is 0.244 e. The molecule has 1 atom stereocenters. The Hall–Kier alpha value is -2.36. The fourth-order valence-corrected chi connectivity index (χ4v) is 4.41. The first-order valence-corrected chi connectivity index (χ1v) is 13.1. The highest BCUT2D eigenvalue weighted by Gasteiger charge is 2.30. The molecule has 0 radical (unpaired) electrons. The number of hydrogen-bond donors (Lipinski definition) is 1. The van der Waals surface area contributed by atoms with Crippen LogP contribution in [0.25, 0.3) is 0 Å². The van der Waals surface area contributed by atoms with Gasteiger partial charge < -0.3 is 10.2 Å². The summed E-state index contributed by atoms with van der Waals surface area (Å²) in [6.07, 6.45) is 0.947. The van der Waals surface area contributed by atoms with Crippen molar-refractivity contribution in [2.45, 2.75) is 33.4 Å². The predicted octanol–water partition coefficient (Wildman–Crippen LogP) is 4.09.